The minimum atomic E-state index is -0.287. The molecule has 0 saturated carbocycles. The Balaban J connectivity index is 1.45. The van der Waals surface area contributed by atoms with Crippen LogP contribution in [0, 0.1) is 0 Å². The minimum Gasteiger partial charge on any atom is -0.337 e. The van der Waals surface area contributed by atoms with Crippen molar-refractivity contribution in [1.29, 1.82) is 0 Å². The lowest BCUT2D eigenvalue weighted by molar-refractivity contribution is 0.251. The van der Waals surface area contributed by atoms with Crippen LogP contribution in [0.5, 0.6) is 0 Å². The predicted octanol–water partition coefficient (Wildman–Crippen LogP) is 3.33. The van der Waals surface area contributed by atoms with Crippen molar-refractivity contribution in [2.24, 2.45) is 0 Å². The molecule has 1 heterocycles. The number of nitrogens with one attached hydrogen (secondary N) is 3. The third-order valence-electron chi connectivity index (χ3n) is 3.59. The zero-order valence-electron chi connectivity index (χ0n) is 14.1. The van der Waals surface area contributed by atoms with Gasteiger partial charge in [0.1, 0.15) is 6.33 Å². The van der Waals surface area contributed by atoms with Gasteiger partial charge in [0.25, 0.3) is 0 Å². The SMILES string of the molecule is O=C(NCCc1cn(C(=O)Nc2ccccc2)cn1)Nc1ccccc1. The molecule has 3 amide bonds. The molecule has 7 heteroatoms. The van der Waals surface area contributed by atoms with E-state index < -0.39 is 0 Å². The minimum absolute atomic E-state index is 0.280. The normalized spacial score (nSPS) is 10.2. The van der Waals surface area contributed by atoms with Gasteiger partial charge in [-0.25, -0.2) is 14.6 Å². The number of anilines is 2. The highest BCUT2D eigenvalue weighted by Crippen LogP contribution is 2.07. The summed E-state index contributed by atoms with van der Waals surface area (Å²) in [6, 6.07) is 17.8. The average molecular weight is 349 g/mol. The lowest BCUT2D eigenvalue weighted by Gasteiger charge is -2.06. The quantitative estimate of drug-likeness (QED) is 0.660. The Bertz CT molecular complexity index is 862. The van der Waals surface area contributed by atoms with Crippen molar-refractivity contribution in [3.63, 3.8) is 0 Å². The van der Waals surface area contributed by atoms with Crippen LogP contribution in [0.2, 0.25) is 0 Å². The molecule has 3 N–H and O–H groups in total. The van der Waals surface area contributed by atoms with Crippen LogP contribution in [0.4, 0.5) is 21.0 Å². The van der Waals surface area contributed by atoms with Gasteiger partial charge in [0.2, 0.25) is 0 Å². The van der Waals surface area contributed by atoms with Crippen molar-refractivity contribution in [3.05, 3.63) is 78.9 Å². The van der Waals surface area contributed by atoms with Crippen molar-refractivity contribution in [2.75, 3.05) is 17.2 Å². The molecule has 0 aliphatic heterocycles. The van der Waals surface area contributed by atoms with Crippen LogP contribution in [0.15, 0.2) is 73.2 Å². The first-order valence-electron chi connectivity index (χ1n) is 8.20. The van der Waals surface area contributed by atoms with Crippen LogP contribution in [-0.2, 0) is 6.42 Å². The second-order valence-corrected chi connectivity index (χ2v) is 5.57. The van der Waals surface area contributed by atoms with Crippen molar-refractivity contribution in [1.82, 2.24) is 14.9 Å². The largest absolute Gasteiger partial charge is 0.337 e. The molecule has 3 aromatic rings. The van der Waals surface area contributed by atoms with Gasteiger partial charge in [-0.2, -0.15) is 0 Å². The van der Waals surface area contributed by atoms with E-state index in [9.17, 15) is 9.59 Å². The van der Waals surface area contributed by atoms with Crippen LogP contribution in [0.1, 0.15) is 5.69 Å². The summed E-state index contributed by atoms with van der Waals surface area (Å²) < 4.78 is 1.38. The summed E-state index contributed by atoms with van der Waals surface area (Å²) in [7, 11) is 0. The summed E-state index contributed by atoms with van der Waals surface area (Å²) in [6.45, 7) is 0.413. The van der Waals surface area contributed by atoms with Gasteiger partial charge in [0.05, 0.1) is 5.69 Å². The van der Waals surface area contributed by atoms with Gasteiger partial charge in [0, 0.05) is 30.5 Å². The molecule has 7 nitrogen and oxygen atoms in total. The van der Waals surface area contributed by atoms with Crippen LogP contribution < -0.4 is 16.0 Å². The topological polar surface area (TPSA) is 88.1 Å². The van der Waals surface area contributed by atoms with E-state index in [1.165, 1.54) is 10.9 Å². The number of amides is 3. The molecule has 0 bridgehead atoms. The third-order valence-corrected chi connectivity index (χ3v) is 3.59. The van der Waals surface area contributed by atoms with E-state index in [0.29, 0.717) is 24.3 Å². The molecule has 0 radical (unpaired) electrons. The average Bonchev–Trinajstić information content (AvgIpc) is 3.12. The monoisotopic (exact) mass is 349 g/mol. The number of hydrogen-bond acceptors (Lipinski definition) is 3. The molecule has 0 spiro atoms. The molecule has 3 rings (SSSR count). The summed E-state index contributed by atoms with van der Waals surface area (Å²) >= 11 is 0. The number of para-hydroxylation sites is 2. The molecule has 0 fully saturated rings. The highest BCUT2D eigenvalue weighted by atomic mass is 16.2. The van der Waals surface area contributed by atoms with Crippen LogP contribution in [0.25, 0.3) is 0 Å². The predicted molar refractivity (Wildman–Crippen MR) is 100 cm³/mol. The molecule has 1 aromatic heterocycles. The van der Waals surface area contributed by atoms with E-state index in [4.69, 9.17) is 0 Å². The van der Waals surface area contributed by atoms with Crippen LogP contribution in [0.3, 0.4) is 0 Å². The highest BCUT2D eigenvalue weighted by molar-refractivity contribution is 5.91. The Kier molecular flexibility index (Phi) is 5.61. The highest BCUT2D eigenvalue weighted by Gasteiger charge is 2.07. The third kappa shape index (κ3) is 4.94. The lowest BCUT2D eigenvalue weighted by Crippen LogP contribution is -2.30. The molecule has 0 aliphatic carbocycles. The maximum absolute atomic E-state index is 12.1. The fourth-order valence-corrected chi connectivity index (χ4v) is 2.31. The van der Waals surface area contributed by atoms with Gasteiger partial charge in [-0.1, -0.05) is 36.4 Å². The summed E-state index contributed by atoms with van der Waals surface area (Å²) in [5, 5.41) is 8.27. The lowest BCUT2D eigenvalue weighted by atomic mass is 10.3. The molecule has 26 heavy (non-hydrogen) atoms. The van der Waals surface area contributed by atoms with Gasteiger partial charge in [0.15, 0.2) is 0 Å². The number of hydrogen-bond donors (Lipinski definition) is 3. The van der Waals surface area contributed by atoms with E-state index in [0.717, 1.165) is 5.69 Å². The first kappa shape index (κ1) is 17.2. The fourth-order valence-electron chi connectivity index (χ4n) is 2.31. The van der Waals surface area contributed by atoms with Gasteiger partial charge < -0.3 is 16.0 Å². The van der Waals surface area contributed by atoms with Crippen molar-refractivity contribution in [2.45, 2.75) is 6.42 Å². The first-order valence-corrected chi connectivity index (χ1v) is 8.20. The summed E-state index contributed by atoms with van der Waals surface area (Å²) in [5.41, 5.74) is 2.16. The molecule has 0 unspecified atom stereocenters. The van der Waals surface area contributed by atoms with Crippen LogP contribution in [-0.4, -0.2) is 28.2 Å². The molecular weight excluding hydrogens is 330 g/mol. The van der Waals surface area contributed by atoms with Crippen molar-refractivity contribution >= 4 is 23.4 Å². The number of carbonyl (C=O) groups excluding carboxylic acids is 2. The summed E-state index contributed by atoms with van der Waals surface area (Å²) in [6.07, 6.45) is 3.63. The Hall–Kier alpha value is -3.61. The number of aromatic nitrogens is 2. The summed E-state index contributed by atoms with van der Waals surface area (Å²) in [4.78, 5) is 28.1. The second-order valence-electron chi connectivity index (χ2n) is 5.57. The van der Waals surface area contributed by atoms with E-state index in [2.05, 4.69) is 20.9 Å². The molecule has 0 aliphatic rings. The van der Waals surface area contributed by atoms with Gasteiger partial charge in [-0.15, -0.1) is 0 Å². The van der Waals surface area contributed by atoms with Gasteiger partial charge >= 0.3 is 12.1 Å². The number of nitrogens with zero attached hydrogens (tertiary/aromatic N) is 2. The molecule has 0 saturated heterocycles. The number of imidazole rings is 1. The second kappa shape index (κ2) is 8.48. The van der Waals surface area contributed by atoms with Crippen molar-refractivity contribution in [3.8, 4) is 0 Å². The van der Waals surface area contributed by atoms with Gasteiger partial charge in [-0.05, 0) is 24.3 Å². The molecule has 0 atom stereocenters. The van der Waals surface area contributed by atoms with E-state index in [1.54, 1.807) is 6.20 Å². The zero-order valence-corrected chi connectivity index (χ0v) is 14.1. The maximum atomic E-state index is 12.1. The number of benzene rings is 2. The Morgan fingerprint density at radius 3 is 2.15 bits per heavy atom. The molecule has 2 aromatic carbocycles. The Labute approximate surface area is 151 Å². The Morgan fingerprint density at radius 1 is 0.885 bits per heavy atom. The van der Waals surface area contributed by atoms with E-state index in [1.807, 2.05) is 60.7 Å². The van der Waals surface area contributed by atoms with Crippen molar-refractivity contribution < 1.29 is 9.59 Å². The molecular formula is C19H19N5O2. The van der Waals surface area contributed by atoms with Gasteiger partial charge in [-0.3, -0.25) is 4.57 Å². The standard InChI is InChI=1S/C19H19N5O2/c25-18(22-15-7-3-1-4-8-15)20-12-11-17-13-24(14-21-17)19(26)23-16-9-5-2-6-10-16/h1-10,13-14H,11-12H2,(H,23,26)(H2,20,22,25). The number of rotatable bonds is 5. The maximum Gasteiger partial charge on any atom is 0.331 e. The number of urea groups is 1. The van der Waals surface area contributed by atoms with E-state index >= 15 is 0 Å². The van der Waals surface area contributed by atoms with E-state index in [-0.39, 0.29) is 12.1 Å². The summed E-state index contributed by atoms with van der Waals surface area (Å²) in [5.74, 6) is 0. The van der Waals surface area contributed by atoms with Crippen LogP contribution >= 0.6 is 0 Å². The zero-order chi connectivity index (χ0) is 18.2. The fraction of sp³-hybridized carbons (Fsp3) is 0.105. The first-order chi connectivity index (χ1) is 12.7. The number of carbonyl (C=O) groups is 2. The Morgan fingerprint density at radius 2 is 1.50 bits per heavy atom. The smallest absolute Gasteiger partial charge is 0.331 e. The molecule has 132 valence electrons.